The molecule has 0 bridgehead atoms. The lowest BCUT2D eigenvalue weighted by atomic mass is 9.91. The Bertz CT molecular complexity index is 693. The normalized spacial score (nSPS) is 13.5. The molecule has 2 rings (SSSR count). The van der Waals surface area contributed by atoms with Gasteiger partial charge in [0.25, 0.3) is 0 Å². The van der Waals surface area contributed by atoms with Crippen LogP contribution in [0.25, 0.3) is 0 Å². The Morgan fingerprint density at radius 3 is 2.52 bits per heavy atom. The molecule has 0 aliphatic rings. The number of hydrogen-bond acceptors (Lipinski definition) is 2. The summed E-state index contributed by atoms with van der Waals surface area (Å²) in [5.41, 5.74) is -0.601. The van der Waals surface area contributed by atoms with Crippen molar-refractivity contribution in [2.75, 3.05) is 5.32 Å². The van der Waals surface area contributed by atoms with Crippen LogP contribution >= 0.6 is 23.2 Å². The third kappa shape index (κ3) is 3.28. The van der Waals surface area contributed by atoms with Crippen LogP contribution in [0.1, 0.15) is 12.5 Å². The Hall–Kier alpha value is -1.78. The van der Waals surface area contributed by atoms with E-state index < -0.39 is 17.3 Å². The van der Waals surface area contributed by atoms with Crippen molar-refractivity contribution in [2.45, 2.75) is 12.5 Å². The molecule has 0 saturated carbocycles. The zero-order chi connectivity index (χ0) is 15.6. The first-order valence-electron chi connectivity index (χ1n) is 6.05. The van der Waals surface area contributed by atoms with Gasteiger partial charge in [-0.15, -0.1) is 0 Å². The van der Waals surface area contributed by atoms with Crippen LogP contribution in [0.2, 0.25) is 10.0 Å². The molecular formula is C15H12Cl2FNO2. The molecule has 0 spiro atoms. The van der Waals surface area contributed by atoms with Crippen LogP contribution in [-0.2, 0) is 10.3 Å². The predicted octanol–water partition coefficient (Wildman–Crippen LogP) is 4.54. The summed E-state index contributed by atoms with van der Waals surface area (Å²) < 4.78 is 13.3. The van der Waals surface area contributed by atoms with E-state index in [4.69, 9.17) is 23.2 Å². The molecule has 1 unspecified atom stereocenters. The van der Waals surface area contributed by atoms with Crippen molar-refractivity contribution in [1.82, 2.24) is 0 Å². The summed E-state index contributed by atoms with van der Waals surface area (Å²) in [5.74, 6) is -1.72. The van der Waals surface area contributed by atoms with E-state index in [2.05, 4.69) is 5.32 Å². The van der Waals surface area contributed by atoms with Gasteiger partial charge in [0.05, 0.1) is 5.02 Å². The predicted molar refractivity (Wildman–Crippen MR) is 81.5 cm³/mol. The fourth-order valence-corrected chi connectivity index (χ4v) is 2.28. The number of carboxylic acids is 1. The lowest BCUT2D eigenvalue weighted by molar-refractivity contribution is -0.142. The summed E-state index contributed by atoms with van der Waals surface area (Å²) in [6.45, 7) is 1.47. The van der Waals surface area contributed by atoms with Gasteiger partial charge in [0.2, 0.25) is 0 Å². The van der Waals surface area contributed by atoms with Crippen molar-refractivity contribution in [2.24, 2.45) is 0 Å². The van der Waals surface area contributed by atoms with E-state index in [-0.39, 0.29) is 5.02 Å². The van der Waals surface area contributed by atoms with Gasteiger partial charge in [-0.3, -0.25) is 0 Å². The van der Waals surface area contributed by atoms with Gasteiger partial charge in [-0.05, 0) is 42.8 Å². The highest BCUT2D eigenvalue weighted by atomic mass is 35.5. The number of carbonyl (C=O) groups is 1. The SMILES string of the molecule is CC(Nc1cccc(Cl)c1)(C(=O)O)c1ccc(F)c(Cl)c1. The molecule has 3 nitrogen and oxygen atoms in total. The summed E-state index contributed by atoms with van der Waals surface area (Å²) in [6.07, 6.45) is 0. The maximum atomic E-state index is 13.3. The smallest absolute Gasteiger partial charge is 0.333 e. The lowest BCUT2D eigenvalue weighted by Gasteiger charge is -2.28. The summed E-state index contributed by atoms with van der Waals surface area (Å²) >= 11 is 11.6. The molecule has 0 radical (unpaired) electrons. The average molecular weight is 328 g/mol. The molecule has 2 aromatic carbocycles. The first-order valence-corrected chi connectivity index (χ1v) is 6.81. The zero-order valence-electron chi connectivity index (χ0n) is 11.0. The Morgan fingerprint density at radius 1 is 1.24 bits per heavy atom. The quantitative estimate of drug-likeness (QED) is 0.866. The third-order valence-corrected chi connectivity index (χ3v) is 3.67. The highest BCUT2D eigenvalue weighted by Crippen LogP contribution is 2.30. The number of halogens is 3. The largest absolute Gasteiger partial charge is 0.479 e. The van der Waals surface area contributed by atoms with Gasteiger partial charge < -0.3 is 10.4 Å². The molecule has 110 valence electrons. The van der Waals surface area contributed by atoms with Crippen molar-refractivity contribution >= 4 is 34.9 Å². The number of benzene rings is 2. The number of rotatable bonds is 4. The molecule has 0 amide bonds. The first-order chi connectivity index (χ1) is 9.83. The Kier molecular flexibility index (Phi) is 4.40. The number of aliphatic carboxylic acids is 1. The van der Waals surface area contributed by atoms with E-state index in [1.54, 1.807) is 24.3 Å². The molecule has 2 N–H and O–H groups in total. The van der Waals surface area contributed by atoms with Gasteiger partial charge in [-0.1, -0.05) is 35.3 Å². The average Bonchev–Trinajstić information content (AvgIpc) is 2.41. The van der Waals surface area contributed by atoms with Crippen LogP contribution in [0, 0.1) is 5.82 Å². The van der Waals surface area contributed by atoms with Crippen molar-refractivity contribution in [1.29, 1.82) is 0 Å². The number of carboxylic acid groups (broad SMARTS) is 1. The molecule has 0 aromatic heterocycles. The van der Waals surface area contributed by atoms with Gasteiger partial charge >= 0.3 is 5.97 Å². The maximum Gasteiger partial charge on any atom is 0.333 e. The fraction of sp³-hybridized carbons (Fsp3) is 0.133. The molecule has 0 heterocycles. The van der Waals surface area contributed by atoms with Crippen LogP contribution in [0.4, 0.5) is 10.1 Å². The van der Waals surface area contributed by atoms with Gasteiger partial charge in [-0.25, -0.2) is 9.18 Å². The van der Waals surface area contributed by atoms with Crippen LogP contribution in [0.5, 0.6) is 0 Å². The minimum Gasteiger partial charge on any atom is -0.479 e. The minimum absolute atomic E-state index is 0.132. The van der Waals surface area contributed by atoms with Crippen LogP contribution in [-0.4, -0.2) is 11.1 Å². The highest BCUT2D eigenvalue weighted by Gasteiger charge is 2.35. The lowest BCUT2D eigenvalue weighted by Crippen LogP contribution is -2.40. The van der Waals surface area contributed by atoms with Crippen molar-refractivity contribution in [3.05, 3.63) is 63.9 Å². The number of nitrogens with one attached hydrogen (secondary N) is 1. The second kappa shape index (κ2) is 5.92. The van der Waals surface area contributed by atoms with E-state index in [1.165, 1.54) is 19.1 Å². The van der Waals surface area contributed by atoms with Crippen molar-refractivity contribution in [3.8, 4) is 0 Å². The maximum absolute atomic E-state index is 13.3. The minimum atomic E-state index is -1.47. The fourth-order valence-electron chi connectivity index (χ4n) is 1.91. The monoisotopic (exact) mass is 327 g/mol. The van der Waals surface area contributed by atoms with Crippen molar-refractivity contribution in [3.63, 3.8) is 0 Å². The van der Waals surface area contributed by atoms with Crippen LogP contribution in [0.3, 0.4) is 0 Å². The standard InChI is InChI=1S/C15H12Cl2FNO2/c1-15(14(20)21,9-5-6-13(18)12(17)7-9)19-11-4-2-3-10(16)8-11/h2-8,19H,1H3,(H,20,21). The van der Waals surface area contributed by atoms with Gasteiger partial charge in [0, 0.05) is 10.7 Å². The highest BCUT2D eigenvalue weighted by molar-refractivity contribution is 6.31. The molecule has 0 aliphatic carbocycles. The van der Waals surface area contributed by atoms with Gasteiger partial charge in [0.15, 0.2) is 5.54 Å². The topological polar surface area (TPSA) is 49.3 Å². The summed E-state index contributed by atoms with van der Waals surface area (Å²) in [7, 11) is 0. The molecule has 0 fully saturated rings. The van der Waals surface area contributed by atoms with E-state index in [9.17, 15) is 14.3 Å². The Labute approximate surface area is 131 Å². The number of anilines is 1. The van der Waals surface area contributed by atoms with E-state index in [0.29, 0.717) is 16.3 Å². The Balaban J connectivity index is 2.45. The molecule has 6 heteroatoms. The molecular weight excluding hydrogens is 316 g/mol. The van der Waals surface area contributed by atoms with Crippen molar-refractivity contribution < 1.29 is 14.3 Å². The van der Waals surface area contributed by atoms with Gasteiger partial charge in [-0.2, -0.15) is 0 Å². The summed E-state index contributed by atoms with van der Waals surface area (Å²) in [6, 6.07) is 10.5. The van der Waals surface area contributed by atoms with E-state index >= 15 is 0 Å². The molecule has 2 aromatic rings. The molecule has 1 atom stereocenters. The van der Waals surface area contributed by atoms with Crippen LogP contribution < -0.4 is 5.32 Å². The third-order valence-electron chi connectivity index (χ3n) is 3.14. The van der Waals surface area contributed by atoms with E-state index in [1.807, 2.05) is 0 Å². The van der Waals surface area contributed by atoms with Gasteiger partial charge in [0.1, 0.15) is 5.82 Å². The first kappa shape index (κ1) is 15.6. The summed E-state index contributed by atoms with van der Waals surface area (Å²) in [4.78, 5) is 11.7. The zero-order valence-corrected chi connectivity index (χ0v) is 12.5. The molecule has 21 heavy (non-hydrogen) atoms. The number of hydrogen-bond donors (Lipinski definition) is 2. The van der Waals surface area contributed by atoms with Crippen LogP contribution in [0.15, 0.2) is 42.5 Å². The molecule has 0 saturated heterocycles. The summed E-state index contributed by atoms with van der Waals surface area (Å²) in [5, 5.41) is 12.8. The molecule has 0 aliphatic heterocycles. The van der Waals surface area contributed by atoms with E-state index in [0.717, 1.165) is 6.07 Å². The second-order valence-corrected chi connectivity index (χ2v) is 5.54. The second-order valence-electron chi connectivity index (χ2n) is 4.69. The Morgan fingerprint density at radius 2 is 1.95 bits per heavy atom.